The van der Waals surface area contributed by atoms with E-state index in [1.807, 2.05) is 19.1 Å². The van der Waals surface area contributed by atoms with E-state index in [0.29, 0.717) is 22.0 Å². The van der Waals surface area contributed by atoms with E-state index in [9.17, 15) is 4.39 Å². The molecule has 3 N–H and O–H groups in total. The molecule has 0 aliphatic rings. The predicted octanol–water partition coefficient (Wildman–Crippen LogP) is 4.19. The standard InChI is InChI=1S/C15H15Cl2FN2/c1-9-7-10(16)5-6-11(9)15(20-19)8-12-13(17)3-2-4-14(12)18/h2-7,15,20H,8,19H2,1H3. The first kappa shape index (κ1) is 15.3. The van der Waals surface area contributed by atoms with Crippen LogP contribution in [0, 0.1) is 12.7 Å². The lowest BCUT2D eigenvalue weighted by molar-refractivity contribution is 0.527. The Morgan fingerprint density at radius 3 is 2.60 bits per heavy atom. The van der Waals surface area contributed by atoms with Gasteiger partial charge >= 0.3 is 0 Å². The molecule has 0 bridgehead atoms. The Hall–Kier alpha value is -1.13. The van der Waals surface area contributed by atoms with Crippen molar-refractivity contribution in [2.45, 2.75) is 19.4 Å². The van der Waals surface area contributed by atoms with E-state index in [2.05, 4.69) is 5.43 Å². The van der Waals surface area contributed by atoms with Gasteiger partial charge in [-0.2, -0.15) is 0 Å². The van der Waals surface area contributed by atoms with Crippen molar-refractivity contribution in [3.05, 3.63) is 69.0 Å². The molecule has 1 unspecified atom stereocenters. The number of nitrogens with two attached hydrogens (primary N) is 1. The average Bonchev–Trinajstić information content (AvgIpc) is 2.40. The van der Waals surface area contributed by atoms with Crippen molar-refractivity contribution < 1.29 is 4.39 Å². The predicted molar refractivity (Wildman–Crippen MR) is 81.4 cm³/mol. The van der Waals surface area contributed by atoms with Gasteiger partial charge in [-0.15, -0.1) is 0 Å². The molecule has 0 heterocycles. The Labute approximate surface area is 127 Å². The summed E-state index contributed by atoms with van der Waals surface area (Å²) in [6.45, 7) is 1.94. The molecule has 2 aromatic rings. The van der Waals surface area contributed by atoms with E-state index in [0.717, 1.165) is 11.1 Å². The smallest absolute Gasteiger partial charge is 0.127 e. The van der Waals surface area contributed by atoms with E-state index in [1.54, 1.807) is 18.2 Å². The second kappa shape index (κ2) is 6.55. The van der Waals surface area contributed by atoms with Crippen molar-refractivity contribution in [3.63, 3.8) is 0 Å². The minimum Gasteiger partial charge on any atom is -0.271 e. The van der Waals surface area contributed by atoms with Crippen molar-refractivity contribution in [1.29, 1.82) is 0 Å². The van der Waals surface area contributed by atoms with Crippen LogP contribution in [-0.4, -0.2) is 0 Å². The van der Waals surface area contributed by atoms with Crippen molar-refractivity contribution in [3.8, 4) is 0 Å². The lowest BCUT2D eigenvalue weighted by atomic mass is 9.95. The molecule has 0 fully saturated rings. The Morgan fingerprint density at radius 1 is 1.25 bits per heavy atom. The van der Waals surface area contributed by atoms with Gasteiger partial charge in [0.25, 0.3) is 0 Å². The zero-order valence-corrected chi connectivity index (χ0v) is 12.5. The van der Waals surface area contributed by atoms with E-state index in [1.165, 1.54) is 6.07 Å². The summed E-state index contributed by atoms with van der Waals surface area (Å²) in [7, 11) is 0. The topological polar surface area (TPSA) is 38.0 Å². The van der Waals surface area contributed by atoms with Gasteiger partial charge in [-0.1, -0.05) is 35.3 Å². The second-order valence-corrected chi connectivity index (χ2v) is 5.47. The third kappa shape index (κ3) is 3.30. The molecule has 2 rings (SSSR count). The van der Waals surface area contributed by atoms with E-state index >= 15 is 0 Å². The van der Waals surface area contributed by atoms with Crippen molar-refractivity contribution in [1.82, 2.24) is 5.43 Å². The quantitative estimate of drug-likeness (QED) is 0.656. The zero-order valence-electron chi connectivity index (χ0n) is 11.0. The van der Waals surface area contributed by atoms with Crippen molar-refractivity contribution in [2.75, 3.05) is 0 Å². The van der Waals surface area contributed by atoms with Crippen LogP contribution in [0.3, 0.4) is 0 Å². The normalized spacial score (nSPS) is 12.4. The molecular weight excluding hydrogens is 298 g/mol. The SMILES string of the molecule is Cc1cc(Cl)ccc1C(Cc1c(F)cccc1Cl)NN. The van der Waals surface area contributed by atoms with Crippen LogP contribution in [-0.2, 0) is 6.42 Å². The fraction of sp³-hybridized carbons (Fsp3) is 0.200. The lowest BCUT2D eigenvalue weighted by Gasteiger charge is -2.19. The zero-order chi connectivity index (χ0) is 14.7. The van der Waals surface area contributed by atoms with E-state index in [-0.39, 0.29) is 11.9 Å². The molecule has 0 amide bonds. The summed E-state index contributed by atoms with van der Waals surface area (Å²) in [4.78, 5) is 0. The highest BCUT2D eigenvalue weighted by Crippen LogP contribution is 2.28. The molecule has 5 heteroatoms. The molecule has 0 saturated carbocycles. The summed E-state index contributed by atoms with van der Waals surface area (Å²) in [5, 5.41) is 1.06. The average molecular weight is 313 g/mol. The molecule has 0 spiro atoms. The van der Waals surface area contributed by atoms with Crippen LogP contribution in [0.4, 0.5) is 4.39 Å². The van der Waals surface area contributed by atoms with Gasteiger partial charge in [0, 0.05) is 15.6 Å². The van der Waals surface area contributed by atoms with Crippen molar-refractivity contribution >= 4 is 23.2 Å². The number of aryl methyl sites for hydroxylation is 1. The van der Waals surface area contributed by atoms with Crippen LogP contribution < -0.4 is 11.3 Å². The maximum absolute atomic E-state index is 13.9. The summed E-state index contributed by atoms with van der Waals surface area (Å²) in [5.74, 6) is 5.28. The summed E-state index contributed by atoms with van der Waals surface area (Å²) in [6.07, 6.45) is 0.366. The van der Waals surface area contributed by atoms with Crippen LogP contribution in [0.2, 0.25) is 10.0 Å². The van der Waals surface area contributed by atoms with Gasteiger partial charge in [-0.3, -0.25) is 11.3 Å². The molecular formula is C15H15Cl2FN2. The summed E-state index contributed by atoms with van der Waals surface area (Å²) >= 11 is 12.0. The number of rotatable bonds is 4. The number of hydrazine groups is 1. The Balaban J connectivity index is 2.34. The molecule has 0 aliphatic carbocycles. The Morgan fingerprint density at radius 2 is 2.00 bits per heavy atom. The highest BCUT2D eigenvalue weighted by atomic mass is 35.5. The largest absolute Gasteiger partial charge is 0.271 e. The van der Waals surface area contributed by atoms with Gasteiger partial charge in [0.1, 0.15) is 5.82 Å². The maximum atomic E-state index is 13.9. The highest BCUT2D eigenvalue weighted by molar-refractivity contribution is 6.31. The van der Waals surface area contributed by atoms with Gasteiger partial charge in [0.15, 0.2) is 0 Å². The van der Waals surface area contributed by atoms with Gasteiger partial charge < -0.3 is 0 Å². The molecule has 1 atom stereocenters. The van der Waals surface area contributed by atoms with Crippen LogP contribution >= 0.6 is 23.2 Å². The highest BCUT2D eigenvalue weighted by Gasteiger charge is 2.17. The van der Waals surface area contributed by atoms with E-state index in [4.69, 9.17) is 29.0 Å². The first-order chi connectivity index (χ1) is 9.52. The Bertz CT molecular complexity index is 597. The molecule has 2 aromatic carbocycles. The molecule has 20 heavy (non-hydrogen) atoms. The van der Waals surface area contributed by atoms with E-state index < -0.39 is 0 Å². The molecule has 0 saturated heterocycles. The monoisotopic (exact) mass is 312 g/mol. The number of hydrogen-bond donors (Lipinski definition) is 2. The first-order valence-corrected chi connectivity index (χ1v) is 6.93. The van der Waals surface area contributed by atoms with Gasteiger partial charge in [0.2, 0.25) is 0 Å². The molecule has 0 aromatic heterocycles. The minimum atomic E-state index is -0.329. The number of halogens is 3. The number of hydrogen-bond acceptors (Lipinski definition) is 2. The van der Waals surface area contributed by atoms with Gasteiger partial charge in [-0.05, 0) is 48.7 Å². The van der Waals surface area contributed by atoms with Crippen LogP contribution in [0.15, 0.2) is 36.4 Å². The lowest BCUT2D eigenvalue weighted by Crippen LogP contribution is -2.30. The maximum Gasteiger partial charge on any atom is 0.127 e. The first-order valence-electron chi connectivity index (χ1n) is 6.18. The van der Waals surface area contributed by atoms with Crippen molar-refractivity contribution in [2.24, 2.45) is 5.84 Å². The van der Waals surface area contributed by atoms with Gasteiger partial charge in [0.05, 0.1) is 6.04 Å². The summed E-state index contributed by atoms with van der Waals surface area (Å²) in [5.41, 5.74) is 5.13. The molecule has 0 aliphatic heterocycles. The second-order valence-electron chi connectivity index (χ2n) is 4.62. The summed E-state index contributed by atoms with van der Waals surface area (Å²) < 4.78 is 13.9. The van der Waals surface area contributed by atoms with Crippen LogP contribution in [0.1, 0.15) is 22.7 Å². The Kier molecular flexibility index (Phi) is 5.00. The summed E-state index contributed by atoms with van der Waals surface area (Å²) in [6, 6.07) is 9.94. The number of benzene rings is 2. The van der Waals surface area contributed by atoms with Crippen LogP contribution in [0.25, 0.3) is 0 Å². The molecule has 0 radical (unpaired) electrons. The van der Waals surface area contributed by atoms with Gasteiger partial charge in [-0.25, -0.2) is 4.39 Å². The minimum absolute atomic E-state index is 0.235. The molecule has 106 valence electrons. The third-order valence-corrected chi connectivity index (χ3v) is 3.87. The fourth-order valence-corrected chi connectivity index (χ4v) is 2.69. The third-order valence-electron chi connectivity index (χ3n) is 3.28. The molecule has 2 nitrogen and oxygen atoms in total. The fourth-order valence-electron chi connectivity index (χ4n) is 2.22. The van der Waals surface area contributed by atoms with Crippen LogP contribution in [0.5, 0.6) is 0 Å². The number of nitrogens with one attached hydrogen (secondary N) is 1.